The van der Waals surface area contributed by atoms with Crippen molar-refractivity contribution in [3.05, 3.63) is 121 Å². The van der Waals surface area contributed by atoms with Gasteiger partial charge >= 0.3 is 0 Å². The Labute approximate surface area is 567 Å². The summed E-state index contributed by atoms with van der Waals surface area (Å²) in [5.41, 5.74) is 4.60. The zero-order valence-corrected chi connectivity index (χ0v) is 57.6. The molecule has 0 radical (unpaired) electrons. The highest BCUT2D eigenvalue weighted by Gasteiger charge is 2.49. The van der Waals surface area contributed by atoms with E-state index in [9.17, 15) is 28.8 Å². The van der Waals surface area contributed by atoms with Crippen molar-refractivity contribution in [2.45, 2.75) is 305 Å². The Morgan fingerprint density at radius 1 is 0.281 bits per heavy atom. The first-order chi connectivity index (χ1) is 46.7. The van der Waals surface area contributed by atoms with Gasteiger partial charge in [-0.25, -0.2) is 15.0 Å². The quantitative estimate of drug-likeness (QED) is 0.126. The Morgan fingerprint density at radius 2 is 0.500 bits per heavy atom. The van der Waals surface area contributed by atoms with E-state index in [-0.39, 0.29) is 69.2 Å². The summed E-state index contributed by atoms with van der Waals surface area (Å²) < 4.78 is 5.83. The number of hydrogen-bond acceptors (Lipinski definition) is 12. The lowest BCUT2D eigenvalue weighted by molar-refractivity contribution is -0.0487. The summed E-state index contributed by atoms with van der Waals surface area (Å²) in [4.78, 5) is 99.0. The highest BCUT2D eigenvalue weighted by Crippen LogP contribution is 2.52. The van der Waals surface area contributed by atoms with Crippen molar-refractivity contribution in [2.75, 3.05) is 0 Å². The number of aromatic nitrogens is 6. The molecule has 0 spiro atoms. The molecular weight excluding hydrogens is 1190 g/mol. The monoisotopic (exact) mass is 1300 g/mol. The van der Waals surface area contributed by atoms with Gasteiger partial charge in [-0.1, -0.05) is 113 Å². The fourth-order valence-corrected chi connectivity index (χ4v) is 23.6. The molecule has 9 heterocycles. The summed E-state index contributed by atoms with van der Waals surface area (Å²) in [6.45, 7) is 4.38. The lowest BCUT2D eigenvalue weighted by atomic mass is 9.68. The van der Waals surface area contributed by atoms with Crippen molar-refractivity contribution < 1.29 is 14.4 Å². The number of para-hydroxylation sites is 6. The molecule has 3 aromatic carbocycles. The van der Waals surface area contributed by atoms with Crippen LogP contribution in [0.5, 0.6) is 0 Å². The Morgan fingerprint density at radius 3 is 0.729 bits per heavy atom. The number of carbonyl (C=O) groups excluding carboxylic acids is 3. The zero-order chi connectivity index (χ0) is 65.5. The van der Waals surface area contributed by atoms with Gasteiger partial charge in [0.25, 0.3) is 16.7 Å². The molecule has 6 aliphatic carbocycles. The van der Waals surface area contributed by atoms with Gasteiger partial charge < -0.3 is 13.7 Å². The molecule has 15 heteroatoms. The van der Waals surface area contributed by atoms with Crippen LogP contribution < -0.4 is 16.7 Å². The first-order valence-corrected chi connectivity index (χ1v) is 38.6. The number of carbonyl (C=O) groups is 3. The van der Waals surface area contributed by atoms with Crippen molar-refractivity contribution >= 4 is 50.4 Å². The molecule has 6 aromatic rings. The van der Waals surface area contributed by atoms with Gasteiger partial charge in [-0.15, -0.1) is 0 Å². The van der Waals surface area contributed by atoms with Gasteiger partial charge in [0.15, 0.2) is 34.4 Å². The Hall–Kier alpha value is -6.03. The van der Waals surface area contributed by atoms with Crippen LogP contribution in [0.25, 0.3) is 33.1 Å². The third kappa shape index (κ3) is 12.5. The number of piperidine rings is 6. The minimum atomic E-state index is -0.235. The van der Waals surface area contributed by atoms with Crippen LogP contribution in [0, 0.1) is 35.5 Å². The Bertz CT molecular complexity index is 3610. The van der Waals surface area contributed by atoms with E-state index < -0.39 is 0 Å². The molecule has 3 aromatic heterocycles. The second-order valence-electron chi connectivity index (χ2n) is 33.0. The van der Waals surface area contributed by atoms with Crippen LogP contribution in [-0.2, 0) is 0 Å². The van der Waals surface area contributed by atoms with Gasteiger partial charge in [0.2, 0.25) is 0 Å². The van der Waals surface area contributed by atoms with Crippen LogP contribution in [0.1, 0.15) is 282 Å². The van der Waals surface area contributed by atoms with Crippen molar-refractivity contribution in [3.8, 4) is 0 Å². The SMILES string of the molecule is CC(=O)c1nc2ccccc2n(C2CC3CCCC(C2)N3C2CC3CCCC(C3)C2)c1=O.CC(=O)c1nc2ccccc2n(C2CC3CCCC(C2)N3C2C[C@H]3CCC[C@@H](C2)C3)c1=O.CC(=O)c1nc2ccccc2n(C2C[C@H]3CCC[C@@H](C2)N3C2CC3CCCC(C3)C2)c1=O. The highest BCUT2D eigenvalue weighted by atomic mass is 16.2. The van der Waals surface area contributed by atoms with E-state index in [1.165, 1.54) is 194 Å². The van der Waals surface area contributed by atoms with Gasteiger partial charge in [-0.05, 0) is 207 Å². The molecule has 510 valence electrons. The molecule has 12 aliphatic rings. The highest BCUT2D eigenvalue weighted by molar-refractivity contribution is 5.95. The maximum Gasteiger partial charge on any atom is 0.280 e. The smallest absolute Gasteiger partial charge is 0.280 e. The lowest BCUT2D eigenvalue weighted by Gasteiger charge is -2.55. The molecular formula is C81H105N9O6. The van der Waals surface area contributed by atoms with Gasteiger partial charge in [-0.2, -0.15) is 0 Å². The van der Waals surface area contributed by atoms with E-state index in [1.54, 1.807) is 0 Å². The summed E-state index contributed by atoms with van der Waals surface area (Å²) in [6.07, 6.45) is 43.2. The van der Waals surface area contributed by atoms with Crippen LogP contribution in [0.2, 0.25) is 0 Å². The normalized spacial score (nSPS) is 35.0. The van der Waals surface area contributed by atoms with Crippen molar-refractivity contribution in [3.63, 3.8) is 0 Å². The second kappa shape index (κ2) is 27.2. The van der Waals surface area contributed by atoms with Crippen LogP contribution in [0.4, 0.5) is 0 Å². The summed E-state index contributed by atoms with van der Waals surface area (Å²) in [5.74, 6) is 4.94. The lowest BCUT2D eigenvalue weighted by Crippen LogP contribution is -2.58. The second-order valence-corrected chi connectivity index (χ2v) is 33.0. The summed E-state index contributed by atoms with van der Waals surface area (Å²) in [7, 11) is 0. The molecule has 6 saturated heterocycles. The topological polar surface area (TPSA) is 166 Å². The molecule has 6 saturated carbocycles. The number of fused-ring (bicyclic) bond motifs is 15. The molecule has 12 fully saturated rings. The van der Waals surface area contributed by atoms with Crippen molar-refractivity contribution in [1.82, 2.24) is 43.4 Å². The molecule has 0 N–H and O–H groups in total. The van der Waals surface area contributed by atoms with Crippen molar-refractivity contribution in [1.29, 1.82) is 0 Å². The third-order valence-corrected chi connectivity index (χ3v) is 27.1. The first-order valence-electron chi connectivity index (χ1n) is 38.6. The van der Waals surface area contributed by atoms with Crippen LogP contribution >= 0.6 is 0 Å². The number of hydrogen-bond donors (Lipinski definition) is 0. The Kier molecular flexibility index (Phi) is 18.3. The zero-order valence-electron chi connectivity index (χ0n) is 57.6. The maximum atomic E-state index is 13.4. The summed E-state index contributed by atoms with van der Waals surface area (Å²) in [6, 6.07) is 29.6. The van der Waals surface area contributed by atoms with E-state index in [0.29, 0.717) is 36.3 Å². The number of nitrogens with zero attached hydrogens (tertiary/aromatic N) is 9. The number of rotatable bonds is 9. The van der Waals surface area contributed by atoms with E-state index in [4.69, 9.17) is 0 Å². The minimum Gasteiger partial charge on any atom is -0.302 e. The van der Waals surface area contributed by atoms with Gasteiger partial charge in [0, 0.05) is 93.3 Å². The Balaban J connectivity index is 0.000000113. The fraction of sp³-hybridized carbons (Fsp3) is 0.667. The molecule has 12 bridgehead atoms. The molecule has 10 unspecified atom stereocenters. The predicted molar refractivity (Wildman–Crippen MR) is 378 cm³/mol. The van der Waals surface area contributed by atoms with Crippen LogP contribution in [0.3, 0.4) is 0 Å². The largest absolute Gasteiger partial charge is 0.302 e. The van der Waals surface area contributed by atoms with Crippen LogP contribution in [0.15, 0.2) is 87.2 Å². The van der Waals surface area contributed by atoms with Crippen molar-refractivity contribution in [2.24, 2.45) is 35.5 Å². The van der Waals surface area contributed by atoms with E-state index in [2.05, 4.69) is 29.7 Å². The number of benzene rings is 3. The molecule has 15 nitrogen and oxygen atoms in total. The molecule has 6 aliphatic heterocycles. The van der Waals surface area contributed by atoms with Gasteiger partial charge in [0.1, 0.15) is 0 Å². The number of Topliss-reactive ketones (excluding diaryl/α,β-unsaturated/α-hetero) is 3. The van der Waals surface area contributed by atoms with E-state index in [0.717, 1.165) is 125 Å². The third-order valence-electron chi connectivity index (χ3n) is 27.1. The fourth-order valence-electron chi connectivity index (χ4n) is 23.6. The van der Waals surface area contributed by atoms with Crippen LogP contribution in [-0.4, -0.2) is 115 Å². The molecule has 18 rings (SSSR count). The first kappa shape index (κ1) is 64.6. The van der Waals surface area contributed by atoms with Gasteiger partial charge in [0.05, 0.1) is 33.1 Å². The molecule has 0 amide bonds. The number of ketones is 3. The summed E-state index contributed by atoms with van der Waals surface area (Å²) in [5, 5.41) is 0. The minimum absolute atomic E-state index is 0.0939. The average molecular weight is 1300 g/mol. The average Bonchev–Trinajstić information content (AvgIpc) is 0.760. The predicted octanol–water partition coefficient (Wildman–Crippen LogP) is 15.4. The summed E-state index contributed by atoms with van der Waals surface area (Å²) >= 11 is 0. The van der Waals surface area contributed by atoms with E-state index >= 15 is 0 Å². The van der Waals surface area contributed by atoms with Gasteiger partial charge in [-0.3, -0.25) is 43.5 Å². The standard InChI is InChI=1S/3C27H35N3O2/c3*1-17(31)26-27(32)30(25-11-3-2-10-24(25)28-26)23-15-20-8-5-9-21(16-23)29(20)22-13-18-6-4-7-19(12-18)14-22/h3*2-3,10-11,18-23H,4-9,12-16H2,1H3/t18?,19?,20-,21+,22?,23?;18-,19+,20?,21?,22?,23?;. The van der Waals surface area contributed by atoms with E-state index in [1.807, 2.05) is 86.5 Å². The maximum absolute atomic E-state index is 13.4. The molecule has 14 atom stereocenters. The molecule has 96 heavy (non-hydrogen) atoms.